The average Bonchev–Trinajstić information content (AvgIpc) is 3.12. The molecule has 3 rings (SSSR count). The van der Waals surface area contributed by atoms with Crippen molar-refractivity contribution >= 4 is 30.7 Å². The molecule has 8 heteroatoms. The highest BCUT2D eigenvalue weighted by atomic mass is 35.5. The van der Waals surface area contributed by atoms with Crippen molar-refractivity contribution in [2.75, 3.05) is 13.1 Å². The Labute approximate surface area is 143 Å². The van der Waals surface area contributed by atoms with Crippen molar-refractivity contribution in [3.8, 4) is 0 Å². The number of likely N-dealkylation sites (tertiary alicyclic amines) is 1. The fourth-order valence-corrected chi connectivity index (χ4v) is 3.51. The van der Waals surface area contributed by atoms with Crippen molar-refractivity contribution in [1.29, 1.82) is 0 Å². The van der Waals surface area contributed by atoms with Crippen LogP contribution in [0.4, 0.5) is 0 Å². The number of nitrogens with two attached hydrogens (primary N) is 1. The van der Waals surface area contributed by atoms with Crippen molar-refractivity contribution in [2.45, 2.75) is 50.5 Å². The molecule has 126 valence electrons. The number of hydrogen-bond donors (Lipinski definition) is 2. The molecule has 0 spiro atoms. The van der Waals surface area contributed by atoms with Crippen molar-refractivity contribution < 1.29 is 4.79 Å². The normalized spacial score (nSPS) is 27.9. The number of carbonyl (C=O) groups is 1. The number of H-pyrrole nitrogens is 1. The van der Waals surface area contributed by atoms with E-state index in [1.165, 1.54) is 12.7 Å². The Bertz CT molecular complexity index is 456. The molecule has 1 aliphatic carbocycles. The summed E-state index contributed by atoms with van der Waals surface area (Å²) in [5.74, 6) is 1.84. The third kappa shape index (κ3) is 4.33. The van der Waals surface area contributed by atoms with E-state index in [1.807, 2.05) is 4.90 Å². The number of nitrogens with one attached hydrogen (secondary N) is 1. The number of carbonyl (C=O) groups excluding carboxylic acids is 1. The fraction of sp³-hybridized carbons (Fsp3) is 0.786. The van der Waals surface area contributed by atoms with Crippen LogP contribution in [0.5, 0.6) is 0 Å². The minimum Gasteiger partial charge on any atom is -0.342 e. The van der Waals surface area contributed by atoms with E-state index in [9.17, 15) is 4.79 Å². The van der Waals surface area contributed by atoms with Gasteiger partial charge in [-0.1, -0.05) is 6.42 Å². The van der Waals surface area contributed by atoms with E-state index in [0.29, 0.717) is 18.3 Å². The van der Waals surface area contributed by atoms with Crippen LogP contribution in [0.2, 0.25) is 0 Å². The van der Waals surface area contributed by atoms with Gasteiger partial charge in [-0.15, -0.1) is 24.8 Å². The van der Waals surface area contributed by atoms with Crippen LogP contribution in [0.25, 0.3) is 0 Å². The Balaban J connectivity index is 0.00000121. The zero-order chi connectivity index (χ0) is 13.9. The number of aromatic nitrogens is 3. The van der Waals surface area contributed by atoms with Gasteiger partial charge < -0.3 is 10.6 Å². The predicted octanol–water partition coefficient (Wildman–Crippen LogP) is 1.87. The van der Waals surface area contributed by atoms with Crippen molar-refractivity contribution in [3.63, 3.8) is 0 Å². The summed E-state index contributed by atoms with van der Waals surface area (Å²) in [7, 11) is 0. The van der Waals surface area contributed by atoms with E-state index in [1.54, 1.807) is 0 Å². The molecule has 1 amide bonds. The van der Waals surface area contributed by atoms with E-state index in [2.05, 4.69) is 15.2 Å². The highest BCUT2D eigenvalue weighted by Crippen LogP contribution is 2.29. The lowest BCUT2D eigenvalue weighted by Crippen LogP contribution is -2.41. The van der Waals surface area contributed by atoms with Gasteiger partial charge in [-0.25, -0.2) is 4.98 Å². The number of aromatic amines is 1. The minimum atomic E-state index is 0. The van der Waals surface area contributed by atoms with Crippen LogP contribution in [0.1, 0.15) is 50.3 Å². The first-order valence-corrected chi connectivity index (χ1v) is 7.62. The topological polar surface area (TPSA) is 87.9 Å². The predicted molar refractivity (Wildman–Crippen MR) is 89.4 cm³/mol. The molecule has 6 nitrogen and oxygen atoms in total. The molecule has 2 aliphatic rings. The van der Waals surface area contributed by atoms with Crippen molar-refractivity contribution in [3.05, 3.63) is 12.2 Å². The smallest absolute Gasteiger partial charge is 0.222 e. The van der Waals surface area contributed by atoms with Gasteiger partial charge in [0.1, 0.15) is 12.2 Å². The second-order valence-corrected chi connectivity index (χ2v) is 6.11. The molecular weight excluding hydrogens is 325 g/mol. The Morgan fingerprint density at radius 1 is 1.32 bits per heavy atom. The highest BCUT2D eigenvalue weighted by molar-refractivity contribution is 5.85. The molecule has 1 aromatic heterocycles. The first-order chi connectivity index (χ1) is 9.74. The number of amides is 1. The van der Waals surface area contributed by atoms with E-state index in [0.717, 1.165) is 44.6 Å². The molecular formula is C14H25Cl2N5O. The van der Waals surface area contributed by atoms with Crippen LogP contribution in [-0.4, -0.2) is 45.1 Å². The Morgan fingerprint density at radius 2 is 2.14 bits per heavy atom. The standard InChI is InChI=1S/C14H23N5O.2ClH/c15-12-5-1-3-10(12)7-13(20)19-6-2-4-11(8-19)14-16-9-17-18-14;;/h9-12H,1-8,15H2,(H,16,17,18);2*1H/t10-,11?,12+;;/m0../s1. The zero-order valence-corrected chi connectivity index (χ0v) is 14.2. The van der Waals surface area contributed by atoms with E-state index in [-0.39, 0.29) is 36.8 Å². The maximum Gasteiger partial charge on any atom is 0.222 e. The van der Waals surface area contributed by atoms with Gasteiger partial charge >= 0.3 is 0 Å². The second-order valence-electron chi connectivity index (χ2n) is 6.11. The summed E-state index contributed by atoms with van der Waals surface area (Å²) in [6.07, 6.45) is 7.60. The lowest BCUT2D eigenvalue weighted by Gasteiger charge is -2.32. The van der Waals surface area contributed by atoms with Gasteiger partial charge in [-0.3, -0.25) is 9.89 Å². The summed E-state index contributed by atoms with van der Waals surface area (Å²) in [6.45, 7) is 1.63. The minimum absolute atomic E-state index is 0. The summed E-state index contributed by atoms with van der Waals surface area (Å²) in [5, 5.41) is 6.83. The maximum atomic E-state index is 12.4. The molecule has 2 fully saturated rings. The molecule has 3 atom stereocenters. The van der Waals surface area contributed by atoms with E-state index in [4.69, 9.17) is 5.73 Å². The Kier molecular flexibility index (Phi) is 7.59. The van der Waals surface area contributed by atoms with Crippen molar-refractivity contribution in [1.82, 2.24) is 20.1 Å². The summed E-state index contributed by atoms with van der Waals surface area (Å²) >= 11 is 0. The van der Waals surface area contributed by atoms with Gasteiger partial charge in [0.25, 0.3) is 0 Å². The number of piperidine rings is 1. The van der Waals surface area contributed by atoms with Gasteiger partial charge in [0.2, 0.25) is 5.91 Å². The number of nitrogens with zero attached hydrogens (tertiary/aromatic N) is 3. The van der Waals surface area contributed by atoms with E-state index < -0.39 is 0 Å². The van der Waals surface area contributed by atoms with Crippen molar-refractivity contribution in [2.24, 2.45) is 11.7 Å². The first kappa shape index (κ1) is 19.2. The Morgan fingerprint density at radius 3 is 2.77 bits per heavy atom. The molecule has 22 heavy (non-hydrogen) atoms. The van der Waals surface area contributed by atoms with Crippen LogP contribution in [-0.2, 0) is 4.79 Å². The first-order valence-electron chi connectivity index (χ1n) is 7.62. The lowest BCUT2D eigenvalue weighted by molar-refractivity contribution is -0.133. The third-order valence-corrected chi connectivity index (χ3v) is 4.75. The molecule has 0 radical (unpaired) electrons. The van der Waals surface area contributed by atoms with Gasteiger partial charge in [-0.2, -0.15) is 5.10 Å². The SMILES string of the molecule is Cl.Cl.N[C@@H]1CCC[C@H]1CC(=O)N1CCCC(c2ncn[nH]2)C1. The summed E-state index contributed by atoms with van der Waals surface area (Å²) in [6, 6.07) is 0.216. The quantitative estimate of drug-likeness (QED) is 0.871. The number of rotatable bonds is 3. The molecule has 1 aromatic rings. The second kappa shape index (κ2) is 8.70. The largest absolute Gasteiger partial charge is 0.342 e. The van der Waals surface area contributed by atoms with Gasteiger partial charge in [-0.05, 0) is 31.6 Å². The Hall–Kier alpha value is -0.850. The molecule has 0 aromatic carbocycles. The lowest BCUT2D eigenvalue weighted by atomic mass is 9.95. The van der Waals surface area contributed by atoms with Gasteiger partial charge in [0.05, 0.1) is 0 Å². The van der Waals surface area contributed by atoms with Gasteiger partial charge in [0, 0.05) is 31.5 Å². The van der Waals surface area contributed by atoms with Gasteiger partial charge in [0.15, 0.2) is 0 Å². The van der Waals surface area contributed by atoms with Crippen LogP contribution in [0, 0.1) is 5.92 Å². The monoisotopic (exact) mass is 349 g/mol. The number of halogens is 2. The summed E-state index contributed by atoms with van der Waals surface area (Å²) in [5.41, 5.74) is 6.07. The summed E-state index contributed by atoms with van der Waals surface area (Å²) in [4.78, 5) is 18.7. The molecule has 1 saturated heterocycles. The van der Waals surface area contributed by atoms with Crippen LogP contribution >= 0.6 is 24.8 Å². The molecule has 1 saturated carbocycles. The van der Waals surface area contributed by atoms with E-state index >= 15 is 0 Å². The molecule has 0 bridgehead atoms. The maximum absolute atomic E-state index is 12.4. The molecule has 2 heterocycles. The molecule has 1 aliphatic heterocycles. The van der Waals surface area contributed by atoms with Crippen LogP contribution in [0.3, 0.4) is 0 Å². The fourth-order valence-electron chi connectivity index (χ4n) is 3.51. The number of hydrogen-bond acceptors (Lipinski definition) is 4. The molecule has 1 unspecified atom stereocenters. The highest BCUT2D eigenvalue weighted by Gasteiger charge is 2.31. The zero-order valence-electron chi connectivity index (χ0n) is 12.6. The summed E-state index contributed by atoms with van der Waals surface area (Å²) < 4.78 is 0. The van der Waals surface area contributed by atoms with Crippen LogP contribution < -0.4 is 5.73 Å². The third-order valence-electron chi connectivity index (χ3n) is 4.75. The molecule has 3 N–H and O–H groups in total. The van der Waals surface area contributed by atoms with Crippen LogP contribution in [0.15, 0.2) is 6.33 Å². The average molecular weight is 350 g/mol.